The van der Waals surface area contributed by atoms with Gasteiger partial charge >= 0.3 is 0 Å². The van der Waals surface area contributed by atoms with Gasteiger partial charge in [-0.15, -0.1) is 24.0 Å². The van der Waals surface area contributed by atoms with E-state index in [1.54, 1.807) is 13.2 Å². The lowest BCUT2D eigenvalue weighted by Gasteiger charge is -2.33. The second-order valence-electron chi connectivity index (χ2n) is 6.24. The fourth-order valence-corrected chi connectivity index (χ4v) is 3.02. The van der Waals surface area contributed by atoms with Crippen LogP contribution in [-0.4, -0.2) is 55.7 Å². The highest BCUT2D eigenvalue weighted by Gasteiger charge is 2.25. The minimum Gasteiger partial charge on any atom is -0.465 e. The maximum absolute atomic E-state index is 5.90. The van der Waals surface area contributed by atoms with Crippen LogP contribution in [0.25, 0.3) is 0 Å². The van der Waals surface area contributed by atoms with Crippen LogP contribution in [0.1, 0.15) is 23.3 Å². The Balaban J connectivity index is 0.00000261. The predicted molar refractivity (Wildman–Crippen MR) is 116 cm³/mol. The zero-order valence-electron chi connectivity index (χ0n) is 15.9. The maximum atomic E-state index is 5.90. The average molecular weight is 485 g/mol. The van der Waals surface area contributed by atoms with E-state index in [4.69, 9.17) is 9.15 Å². The third-order valence-electron chi connectivity index (χ3n) is 4.43. The molecule has 0 amide bonds. The lowest BCUT2D eigenvalue weighted by Crippen LogP contribution is -2.46. The van der Waals surface area contributed by atoms with Gasteiger partial charge in [-0.2, -0.15) is 0 Å². The molecule has 0 radical (unpaired) electrons. The van der Waals surface area contributed by atoms with Crippen molar-refractivity contribution in [3.8, 4) is 0 Å². The lowest BCUT2D eigenvalue weighted by molar-refractivity contribution is 0.0124. The first-order valence-electron chi connectivity index (χ1n) is 8.99. The van der Waals surface area contributed by atoms with Crippen LogP contribution in [0.3, 0.4) is 0 Å². The zero-order chi connectivity index (χ0) is 18.2. The largest absolute Gasteiger partial charge is 0.465 e. The van der Waals surface area contributed by atoms with Gasteiger partial charge in [0.15, 0.2) is 5.96 Å². The summed E-state index contributed by atoms with van der Waals surface area (Å²) in [6.07, 6.45) is 1.79. The normalized spacial score (nSPS) is 16.4. The fraction of sp³-hybridized carbons (Fsp3) is 0.474. The molecule has 2 aromatic heterocycles. The smallest absolute Gasteiger partial charge is 0.191 e. The number of morpholine rings is 1. The number of ether oxygens (including phenoxy) is 1. The molecule has 1 aliphatic rings. The highest BCUT2D eigenvalue weighted by molar-refractivity contribution is 14.0. The van der Waals surface area contributed by atoms with Crippen molar-refractivity contribution in [3.63, 3.8) is 0 Å². The molecule has 1 atom stereocenters. The van der Waals surface area contributed by atoms with Crippen LogP contribution in [0.4, 0.5) is 0 Å². The molecule has 1 fully saturated rings. The number of aromatic nitrogens is 1. The summed E-state index contributed by atoms with van der Waals surface area (Å²) in [6, 6.07) is 10.1. The molecule has 1 saturated heterocycles. The summed E-state index contributed by atoms with van der Waals surface area (Å²) in [5.74, 6) is 2.64. The van der Waals surface area contributed by atoms with Crippen molar-refractivity contribution in [3.05, 3.63) is 53.7 Å². The Morgan fingerprint density at radius 2 is 2.04 bits per heavy atom. The topological polar surface area (TPSA) is 74.9 Å². The van der Waals surface area contributed by atoms with E-state index in [0.29, 0.717) is 13.1 Å². The fourth-order valence-electron chi connectivity index (χ4n) is 3.02. The van der Waals surface area contributed by atoms with Crippen molar-refractivity contribution in [2.75, 3.05) is 39.9 Å². The van der Waals surface area contributed by atoms with Gasteiger partial charge in [0.25, 0.3) is 0 Å². The first kappa shape index (κ1) is 21.6. The van der Waals surface area contributed by atoms with Crippen molar-refractivity contribution in [2.24, 2.45) is 4.99 Å². The number of hydrogen-bond acceptors (Lipinski definition) is 5. The molecule has 8 heteroatoms. The second-order valence-corrected chi connectivity index (χ2v) is 6.24. The van der Waals surface area contributed by atoms with Crippen LogP contribution in [-0.2, 0) is 11.3 Å². The van der Waals surface area contributed by atoms with E-state index in [1.807, 2.05) is 31.2 Å². The van der Waals surface area contributed by atoms with Crippen LogP contribution >= 0.6 is 24.0 Å². The van der Waals surface area contributed by atoms with E-state index >= 15 is 0 Å². The summed E-state index contributed by atoms with van der Waals surface area (Å²) in [5.41, 5.74) is 0.974. The molecule has 0 spiro atoms. The summed E-state index contributed by atoms with van der Waals surface area (Å²) in [4.78, 5) is 11.0. The van der Waals surface area contributed by atoms with Gasteiger partial charge in [0.2, 0.25) is 0 Å². The minimum atomic E-state index is 0. The first-order valence-corrected chi connectivity index (χ1v) is 8.99. The Morgan fingerprint density at radius 3 is 2.67 bits per heavy atom. The number of pyridine rings is 1. The molecule has 2 aromatic rings. The standard InChI is InChI=1S/C19H27N5O2.HI/c1-15-6-7-18(26-15)17(24-9-11-25-12-10-24)14-23-19(20-2)22-13-16-5-3-4-8-21-16;/h3-8,17H,9-14H2,1-2H3,(H2,20,22,23);1H. The van der Waals surface area contributed by atoms with Crippen molar-refractivity contribution in [1.29, 1.82) is 0 Å². The number of aliphatic imine (C=N–C) groups is 1. The number of halogens is 1. The van der Waals surface area contributed by atoms with Crippen LogP contribution in [0.15, 0.2) is 45.9 Å². The summed E-state index contributed by atoms with van der Waals surface area (Å²) in [5, 5.41) is 6.72. The van der Waals surface area contributed by atoms with Crippen molar-refractivity contribution >= 4 is 29.9 Å². The number of aryl methyl sites for hydroxylation is 1. The number of hydrogen-bond donors (Lipinski definition) is 2. The van der Waals surface area contributed by atoms with E-state index in [2.05, 4.69) is 31.6 Å². The van der Waals surface area contributed by atoms with Crippen LogP contribution in [0, 0.1) is 6.92 Å². The summed E-state index contributed by atoms with van der Waals surface area (Å²) < 4.78 is 11.4. The Kier molecular flexibility index (Phi) is 9.02. The highest BCUT2D eigenvalue weighted by Crippen LogP contribution is 2.23. The van der Waals surface area contributed by atoms with Crippen LogP contribution < -0.4 is 10.6 Å². The second kappa shape index (κ2) is 11.3. The molecule has 1 aliphatic heterocycles. The lowest BCUT2D eigenvalue weighted by atomic mass is 10.1. The number of nitrogens with zero attached hydrogens (tertiary/aromatic N) is 3. The SMILES string of the molecule is CN=C(NCc1ccccn1)NCC(c1ccc(C)o1)N1CCOCC1.I. The molecule has 0 aliphatic carbocycles. The summed E-state index contributed by atoms with van der Waals surface area (Å²) >= 11 is 0. The quantitative estimate of drug-likeness (QED) is 0.372. The average Bonchev–Trinajstić information content (AvgIpc) is 3.12. The molecule has 0 bridgehead atoms. The predicted octanol–water partition coefficient (Wildman–Crippen LogP) is 2.34. The zero-order valence-corrected chi connectivity index (χ0v) is 18.2. The third kappa shape index (κ3) is 6.47. The Morgan fingerprint density at radius 1 is 1.22 bits per heavy atom. The molecular weight excluding hydrogens is 457 g/mol. The highest BCUT2D eigenvalue weighted by atomic mass is 127. The monoisotopic (exact) mass is 485 g/mol. The number of nitrogens with one attached hydrogen (secondary N) is 2. The number of furan rings is 1. The van der Waals surface area contributed by atoms with Gasteiger partial charge in [-0.25, -0.2) is 0 Å². The van der Waals surface area contributed by atoms with Gasteiger partial charge in [0, 0.05) is 32.9 Å². The Bertz CT molecular complexity index is 701. The van der Waals surface area contributed by atoms with Crippen molar-refractivity contribution < 1.29 is 9.15 Å². The van der Waals surface area contributed by atoms with Gasteiger partial charge in [-0.1, -0.05) is 6.07 Å². The molecule has 2 N–H and O–H groups in total. The maximum Gasteiger partial charge on any atom is 0.191 e. The third-order valence-corrected chi connectivity index (χ3v) is 4.43. The number of rotatable bonds is 6. The molecule has 0 saturated carbocycles. The molecule has 3 rings (SSSR count). The minimum absolute atomic E-state index is 0. The van der Waals surface area contributed by atoms with Gasteiger partial charge in [-0.05, 0) is 31.2 Å². The van der Waals surface area contributed by atoms with E-state index in [-0.39, 0.29) is 30.0 Å². The first-order chi connectivity index (χ1) is 12.8. The van der Waals surface area contributed by atoms with Crippen molar-refractivity contribution in [1.82, 2.24) is 20.5 Å². The van der Waals surface area contributed by atoms with Gasteiger partial charge in [-0.3, -0.25) is 14.9 Å². The molecule has 3 heterocycles. The molecule has 1 unspecified atom stereocenters. The van der Waals surface area contributed by atoms with E-state index in [0.717, 1.165) is 49.5 Å². The summed E-state index contributed by atoms with van der Waals surface area (Å²) in [7, 11) is 1.77. The van der Waals surface area contributed by atoms with Crippen LogP contribution in [0.2, 0.25) is 0 Å². The van der Waals surface area contributed by atoms with Crippen LogP contribution in [0.5, 0.6) is 0 Å². The van der Waals surface area contributed by atoms with E-state index in [9.17, 15) is 0 Å². The van der Waals surface area contributed by atoms with Gasteiger partial charge in [0.05, 0.1) is 31.5 Å². The van der Waals surface area contributed by atoms with Gasteiger partial charge in [0.1, 0.15) is 11.5 Å². The van der Waals surface area contributed by atoms with E-state index in [1.165, 1.54) is 0 Å². The molecule has 0 aromatic carbocycles. The van der Waals surface area contributed by atoms with Gasteiger partial charge < -0.3 is 19.8 Å². The van der Waals surface area contributed by atoms with E-state index < -0.39 is 0 Å². The molecule has 7 nitrogen and oxygen atoms in total. The molecular formula is C19H28IN5O2. The number of guanidine groups is 1. The van der Waals surface area contributed by atoms with Crippen molar-refractivity contribution in [2.45, 2.75) is 19.5 Å². The summed E-state index contributed by atoms with van der Waals surface area (Å²) in [6.45, 7) is 6.60. The molecule has 27 heavy (non-hydrogen) atoms. The Hall–Kier alpha value is -1.65. The Labute approximate surface area is 177 Å². The molecule has 148 valence electrons.